The molecule has 0 N–H and O–H groups in total. The van der Waals surface area contributed by atoms with Crippen LogP contribution in [0.1, 0.15) is 16.6 Å². The van der Waals surface area contributed by atoms with Crippen LogP contribution in [0.4, 0.5) is 0 Å². The molecule has 4 heteroatoms. The van der Waals surface area contributed by atoms with Crippen molar-refractivity contribution in [1.82, 2.24) is 4.98 Å². The molecule has 0 bridgehead atoms. The first-order valence-electron chi connectivity index (χ1n) is 6.22. The van der Waals surface area contributed by atoms with Crippen LogP contribution < -0.4 is 4.74 Å². The number of hydrogen-bond donors (Lipinski definition) is 0. The van der Waals surface area contributed by atoms with Gasteiger partial charge in [-0.1, -0.05) is 18.2 Å². The normalized spacial score (nSPS) is 10.7. The Morgan fingerprint density at radius 3 is 2.60 bits per heavy atom. The van der Waals surface area contributed by atoms with Crippen LogP contribution in [0.5, 0.6) is 5.75 Å². The number of nitrogens with zero attached hydrogens (tertiary/aromatic N) is 1. The first kappa shape index (κ1) is 12.8. The summed E-state index contributed by atoms with van der Waals surface area (Å²) in [7, 11) is 1.66. The summed E-state index contributed by atoms with van der Waals surface area (Å²) in [5.74, 6) is 0.901. The van der Waals surface area contributed by atoms with E-state index in [1.807, 2.05) is 30.3 Å². The molecule has 0 saturated carbocycles. The number of ether oxygens (including phenoxy) is 1. The van der Waals surface area contributed by atoms with E-state index in [1.165, 1.54) is 11.3 Å². The number of thiazole rings is 1. The van der Waals surface area contributed by atoms with E-state index >= 15 is 0 Å². The number of fused-ring (bicyclic) bond motifs is 1. The van der Waals surface area contributed by atoms with Gasteiger partial charge in [-0.05, 0) is 29.0 Å². The Morgan fingerprint density at radius 1 is 1.15 bits per heavy atom. The summed E-state index contributed by atoms with van der Waals surface area (Å²) in [4.78, 5) is 16.3. The fourth-order valence-corrected chi connectivity index (χ4v) is 2.86. The SMILES string of the molecule is COc1ccc2cc(-c3ncc(C(C)=O)s3)ccc2c1. The maximum atomic E-state index is 11.3. The molecule has 0 saturated heterocycles. The molecule has 3 nitrogen and oxygen atoms in total. The zero-order valence-corrected chi connectivity index (χ0v) is 12.0. The number of carbonyl (C=O) groups is 1. The first-order valence-corrected chi connectivity index (χ1v) is 7.04. The smallest absolute Gasteiger partial charge is 0.171 e. The molecular weight excluding hydrogens is 270 g/mol. The lowest BCUT2D eigenvalue weighted by Gasteiger charge is -2.04. The topological polar surface area (TPSA) is 39.2 Å². The molecule has 3 rings (SSSR count). The van der Waals surface area contributed by atoms with Crippen molar-refractivity contribution >= 4 is 27.9 Å². The number of hydrogen-bond acceptors (Lipinski definition) is 4. The number of rotatable bonds is 3. The summed E-state index contributed by atoms with van der Waals surface area (Å²) in [6, 6.07) is 12.1. The molecule has 20 heavy (non-hydrogen) atoms. The van der Waals surface area contributed by atoms with Gasteiger partial charge in [0.15, 0.2) is 5.78 Å². The van der Waals surface area contributed by atoms with E-state index in [1.54, 1.807) is 20.2 Å². The fourth-order valence-electron chi connectivity index (χ4n) is 2.05. The largest absolute Gasteiger partial charge is 0.497 e. The number of aromatic nitrogens is 1. The van der Waals surface area contributed by atoms with Crippen molar-refractivity contribution in [1.29, 1.82) is 0 Å². The Labute approximate surface area is 120 Å². The van der Waals surface area contributed by atoms with E-state index in [0.29, 0.717) is 4.88 Å². The lowest BCUT2D eigenvalue weighted by Crippen LogP contribution is -1.83. The summed E-state index contributed by atoms with van der Waals surface area (Å²) in [5, 5.41) is 3.12. The Morgan fingerprint density at radius 2 is 1.90 bits per heavy atom. The lowest BCUT2D eigenvalue weighted by atomic mass is 10.1. The molecular formula is C16H13NO2S. The molecule has 100 valence electrons. The van der Waals surface area contributed by atoms with Crippen LogP contribution in [-0.4, -0.2) is 17.9 Å². The fraction of sp³-hybridized carbons (Fsp3) is 0.125. The molecule has 0 atom stereocenters. The molecule has 0 spiro atoms. The highest BCUT2D eigenvalue weighted by molar-refractivity contribution is 7.16. The molecule has 0 aliphatic rings. The van der Waals surface area contributed by atoms with Crippen LogP contribution in [0.2, 0.25) is 0 Å². The summed E-state index contributed by atoms with van der Waals surface area (Å²) in [6.07, 6.45) is 1.64. The summed E-state index contributed by atoms with van der Waals surface area (Å²) < 4.78 is 5.22. The minimum atomic E-state index is 0.0549. The maximum absolute atomic E-state index is 11.3. The van der Waals surface area contributed by atoms with Gasteiger partial charge < -0.3 is 4.74 Å². The minimum Gasteiger partial charge on any atom is -0.497 e. The van der Waals surface area contributed by atoms with Gasteiger partial charge in [-0.15, -0.1) is 11.3 Å². The van der Waals surface area contributed by atoms with Crippen molar-refractivity contribution in [2.75, 3.05) is 7.11 Å². The van der Waals surface area contributed by atoms with Crippen molar-refractivity contribution in [3.05, 3.63) is 47.5 Å². The molecule has 1 heterocycles. The molecule has 0 aliphatic carbocycles. The number of benzene rings is 2. The highest BCUT2D eigenvalue weighted by Gasteiger charge is 2.08. The van der Waals surface area contributed by atoms with Gasteiger partial charge in [-0.25, -0.2) is 4.98 Å². The zero-order chi connectivity index (χ0) is 14.1. The van der Waals surface area contributed by atoms with Crippen molar-refractivity contribution in [3.8, 4) is 16.3 Å². The van der Waals surface area contributed by atoms with Gasteiger partial charge in [0.2, 0.25) is 0 Å². The number of carbonyl (C=O) groups excluding carboxylic acids is 1. The molecule has 3 aromatic rings. The highest BCUT2D eigenvalue weighted by atomic mass is 32.1. The van der Waals surface area contributed by atoms with Crippen LogP contribution in [0.15, 0.2) is 42.6 Å². The van der Waals surface area contributed by atoms with E-state index in [2.05, 4.69) is 11.1 Å². The molecule has 0 radical (unpaired) electrons. The Balaban J connectivity index is 2.05. The van der Waals surface area contributed by atoms with E-state index in [9.17, 15) is 4.79 Å². The Bertz CT molecular complexity index is 792. The van der Waals surface area contributed by atoms with Gasteiger partial charge in [0.05, 0.1) is 12.0 Å². The van der Waals surface area contributed by atoms with Crippen LogP contribution in [0.3, 0.4) is 0 Å². The van der Waals surface area contributed by atoms with Crippen LogP contribution in [0.25, 0.3) is 21.3 Å². The maximum Gasteiger partial charge on any atom is 0.171 e. The lowest BCUT2D eigenvalue weighted by molar-refractivity contribution is 0.102. The van der Waals surface area contributed by atoms with Gasteiger partial charge in [0.1, 0.15) is 10.8 Å². The second-order valence-electron chi connectivity index (χ2n) is 4.51. The monoisotopic (exact) mass is 283 g/mol. The molecule has 1 aromatic heterocycles. The third-order valence-corrected chi connectivity index (χ3v) is 4.29. The standard InChI is InChI=1S/C16H13NO2S/c1-10(18)15-9-17-16(20-15)13-4-3-12-8-14(19-2)6-5-11(12)7-13/h3-9H,1-2H3. The molecule has 0 fully saturated rings. The summed E-state index contributed by atoms with van der Waals surface area (Å²) >= 11 is 1.42. The second-order valence-corrected chi connectivity index (χ2v) is 5.54. The molecule has 0 aliphatic heterocycles. The van der Waals surface area contributed by atoms with Gasteiger partial charge in [0, 0.05) is 18.7 Å². The summed E-state index contributed by atoms with van der Waals surface area (Å²) in [5.41, 5.74) is 1.03. The zero-order valence-electron chi connectivity index (χ0n) is 11.2. The van der Waals surface area contributed by atoms with Crippen molar-refractivity contribution in [2.45, 2.75) is 6.92 Å². The molecule has 0 amide bonds. The molecule has 2 aromatic carbocycles. The molecule has 0 unspecified atom stereocenters. The first-order chi connectivity index (χ1) is 9.67. The average molecular weight is 283 g/mol. The minimum absolute atomic E-state index is 0.0549. The quantitative estimate of drug-likeness (QED) is 0.677. The average Bonchev–Trinajstić information content (AvgIpc) is 2.96. The summed E-state index contributed by atoms with van der Waals surface area (Å²) in [6.45, 7) is 1.56. The van der Waals surface area contributed by atoms with Crippen LogP contribution in [-0.2, 0) is 0 Å². The third-order valence-electron chi connectivity index (χ3n) is 3.15. The highest BCUT2D eigenvalue weighted by Crippen LogP contribution is 2.29. The predicted molar refractivity (Wildman–Crippen MR) is 81.6 cm³/mol. The van der Waals surface area contributed by atoms with Gasteiger partial charge in [-0.2, -0.15) is 0 Å². The van der Waals surface area contributed by atoms with Gasteiger partial charge in [0.25, 0.3) is 0 Å². The number of Topliss-reactive ketones (excluding diaryl/α,β-unsaturated/α-hetero) is 1. The second kappa shape index (κ2) is 5.06. The number of ketones is 1. The van der Waals surface area contributed by atoms with Crippen LogP contribution >= 0.6 is 11.3 Å². The van der Waals surface area contributed by atoms with Crippen LogP contribution in [0, 0.1) is 0 Å². The van der Waals surface area contributed by atoms with Crippen molar-refractivity contribution in [3.63, 3.8) is 0 Å². The van der Waals surface area contributed by atoms with Crippen molar-refractivity contribution < 1.29 is 9.53 Å². The Kier molecular flexibility index (Phi) is 3.24. The van der Waals surface area contributed by atoms with E-state index in [4.69, 9.17) is 4.74 Å². The Hall–Kier alpha value is -2.20. The van der Waals surface area contributed by atoms with Gasteiger partial charge >= 0.3 is 0 Å². The van der Waals surface area contributed by atoms with E-state index in [-0.39, 0.29) is 5.78 Å². The van der Waals surface area contributed by atoms with Gasteiger partial charge in [-0.3, -0.25) is 4.79 Å². The number of methoxy groups -OCH3 is 1. The third kappa shape index (κ3) is 2.30. The van der Waals surface area contributed by atoms with E-state index < -0.39 is 0 Å². The van der Waals surface area contributed by atoms with E-state index in [0.717, 1.165) is 27.1 Å². The predicted octanol–water partition coefficient (Wildman–Crippen LogP) is 4.17. The van der Waals surface area contributed by atoms with Crippen molar-refractivity contribution in [2.24, 2.45) is 0 Å².